The number of H-pyrrole nitrogens is 1. The molecule has 0 spiro atoms. The van der Waals surface area contributed by atoms with E-state index in [4.69, 9.17) is 9.47 Å². The van der Waals surface area contributed by atoms with Gasteiger partial charge < -0.3 is 29.8 Å². The van der Waals surface area contributed by atoms with Gasteiger partial charge in [0.25, 0.3) is 15.9 Å². The van der Waals surface area contributed by atoms with E-state index in [2.05, 4.69) is 15.0 Å². The number of aliphatic hydroxyl groups is 1. The standard InChI is InChI=1S/C32H38N4O6S/c1-4-36(5-2)31(38)20-42-30-11-7-10-26-23(17-34-32(26)30)14-21(3)33-18-29(37)27-13-12-24-16-28(27)35-43(39,40)25-9-6-8-22(15-25)19-41-24/h6-13,15-17,21,29,33-35,37H,4-5,14,18-20H2,1-3H3/t21-,29+/m1/s1. The second-order valence-corrected chi connectivity index (χ2v) is 12.3. The molecule has 1 aliphatic rings. The monoisotopic (exact) mass is 606 g/mol. The number of ether oxygens (including phenoxy) is 2. The molecule has 2 atom stereocenters. The number of anilines is 1. The van der Waals surface area contributed by atoms with E-state index in [0.717, 1.165) is 22.0 Å². The minimum atomic E-state index is -3.85. The SMILES string of the molecule is CCN(CC)C(=O)COc1cccc2c(C[C@@H](C)NC[C@H](O)c3ccc4cc3NS(=O)(=O)c3cccc(c3)CO4)c[nH]c12. The molecule has 0 saturated heterocycles. The lowest BCUT2D eigenvalue weighted by molar-refractivity contribution is -0.132. The molecule has 4 aromatic rings. The maximum Gasteiger partial charge on any atom is 0.261 e. The summed E-state index contributed by atoms with van der Waals surface area (Å²) in [5.74, 6) is 1.07. The highest BCUT2D eigenvalue weighted by Gasteiger charge is 2.22. The number of aliphatic hydroxyl groups excluding tert-OH is 1. The Morgan fingerprint density at radius 3 is 2.70 bits per heavy atom. The molecule has 1 aliphatic heterocycles. The van der Waals surface area contributed by atoms with E-state index >= 15 is 0 Å². The quantitative estimate of drug-likeness (QED) is 0.199. The van der Waals surface area contributed by atoms with Crippen LogP contribution in [0.2, 0.25) is 0 Å². The fourth-order valence-electron chi connectivity index (χ4n) is 5.28. The number of fused-ring (bicyclic) bond motifs is 5. The number of para-hydroxylation sites is 1. The largest absolute Gasteiger partial charge is 0.489 e. The molecule has 0 radical (unpaired) electrons. The molecule has 0 unspecified atom stereocenters. The maximum atomic E-state index is 13.1. The molecular formula is C32H38N4O6S. The van der Waals surface area contributed by atoms with Gasteiger partial charge in [-0.05, 0) is 62.6 Å². The number of aromatic nitrogens is 1. The van der Waals surface area contributed by atoms with Gasteiger partial charge in [0.2, 0.25) is 0 Å². The van der Waals surface area contributed by atoms with Gasteiger partial charge in [-0.3, -0.25) is 9.52 Å². The van der Waals surface area contributed by atoms with Crippen LogP contribution < -0.4 is 19.5 Å². The number of carbonyl (C=O) groups is 1. The van der Waals surface area contributed by atoms with Gasteiger partial charge in [0.1, 0.15) is 18.1 Å². The first-order valence-electron chi connectivity index (χ1n) is 14.5. The number of amides is 1. The van der Waals surface area contributed by atoms with Crippen LogP contribution >= 0.6 is 0 Å². The van der Waals surface area contributed by atoms with E-state index in [1.807, 2.05) is 51.2 Å². The van der Waals surface area contributed by atoms with Crippen LogP contribution in [0, 0.1) is 0 Å². The summed E-state index contributed by atoms with van der Waals surface area (Å²) in [7, 11) is -3.85. The number of rotatable bonds is 11. The Balaban J connectivity index is 1.24. The Bertz CT molecular complexity index is 1700. The number of likely N-dealkylation sites (N-methyl/N-ethyl adjacent to an activating group) is 1. The molecule has 2 heterocycles. The Kier molecular flexibility index (Phi) is 9.24. The molecule has 4 bridgehead atoms. The Morgan fingerprint density at radius 1 is 1.12 bits per heavy atom. The molecule has 3 aromatic carbocycles. The van der Waals surface area contributed by atoms with Crippen LogP contribution in [0.1, 0.15) is 43.6 Å². The number of benzene rings is 3. The van der Waals surface area contributed by atoms with Crippen molar-refractivity contribution in [2.24, 2.45) is 0 Å². The lowest BCUT2D eigenvalue weighted by atomic mass is 10.0. The topological polar surface area (TPSA) is 133 Å². The van der Waals surface area contributed by atoms with Gasteiger partial charge in [-0.1, -0.05) is 30.3 Å². The number of aromatic amines is 1. The molecule has 43 heavy (non-hydrogen) atoms. The second kappa shape index (κ2) is 13.1. The Morgan fingerprint density at radius 2 is 1.91 bits per heavy atom. The van der Waals surface area contributed by atoms with Crippen LogP contribution in [0.25, 0.3) is 10.9 Å². The Hall–Kier alpha value is -4.06. The maximum absolute atomic E-state index is 13.1. The average Bonchev–Trinajstić information content (AvgIpc) is 3.41. The van der Waals surface area contributed by atoms with Gasteiger partial charge >= 0.3 is 0 Å². The zero-order valence-electron chi connectivity index (χ0n) is 24.6. The zero-order valence-corrected chi connectivity index (χ0v) is 25.4. The van der Waals surface area contributed by atoms with Crippen LogP contribution in [-0.2, 0) is 27.8 Å². The summed E-state index contributed by atoms with van der Waals surface area (Å²) in [4.78, 5) is 17.6. The molecular weight excluding hydrogens is 568 g/mol. The van der Waals surface area contributed by atoms with Crippen molar-refractivity contribution in [3.8, 4) is 11.5 Å². The van der Waals surface area contributed by atoms with E-state index in [1.165, 1.54) is 6.07 Å². The molecule has 1 aromatic heterocycles. The minimum Gasteiger partial charge on any atom is -0.489 e. The number of hydrogen-bond acceptors (Lipinski definition) is 7. The van der Waals surface area contributed by atoms with Gasteiger partial charge in [-0.15, -0.1) is 0 Å². The molecule has 0 fully saturated rings. The summed E-state index contributed by atoms with van der Waals surface area (Å²) in [5, 5.41) is 15.5. The second-order valence-electron chi connectivity index (χ2n) is 10.7. The van der Waals surface area contributed by atoms with Crippen LogP contribution in [-0.4, -0.2) is 61.6 Å². The number of hydrogen-bond donors (Lipinski definition) is 4. The lowest BCUT2D eigenvalue weighted by Crippen LogP contribution is -2.34. The van der Waals surface area contributed by atoms with Gasteiger partial charge in [-0.2, -0.15) is 0 Å². The minimum absolute atomic E-state index is 0.0152. The van der Waals surface area contributed by atoms with E-state index < -0.39 is 16.1 Å². The summed E-state index contributed by atoms with van der Waals surface area (Å²) in [5.41, 5.74) is 3.36. The highest BCUT2D eigenvalue weighted by Crippen LogP contribution is 2.32. The highest BCUT2D eigenvalue weighted by atomic mass is 32.2. The summed E-state index contributed by atoms with van der Waals surface area (Å²) < 4.78 is 40.5. The van der Waals surface area contributed by atoms with E-state index in [-0.39, 0.29) is 42.3 Å². The van der Waals surface area contributed by atoms with Crippen LogP contribution in [0.4, 0.5) is 5.69 Å². The number of sulfonamides is 1. The predicted octanol–water partition coefficient (Wildman–Crippen LogP) is 4.36. The first-order valence-corrected chi connectivity index (χ1v) is 16.0. The molecule has 10 nitrogen and oxygen atoms in total. The van der Waals surface area contributed by atoms with Crippen molar-refractivity contribution >= 4 is 32.5 Å². The summed E-state index contributed by atoms with van der Waals surface area (Å²) in [6, 6.07) is 17.4. The third kappa shape index (κ3) is 6.96. The smallest absolute Gasteiger partial charge is 0.261 e. The normalized spacial score (nSPS) is 15.2. The Labute approximate surface area is 252 Å². The van der Waals surface area contributed by atoms with E-state index in [9.17, 15) is 18.3 Å². The number of nitrogens with zero attached hydrogens (tertiary/aromatic N) is 1. The first-order chi connectivity index (χ1) is 20.7. The highest BCUT2D eigenvalue weighted by molar-refractivity contribution is 7.92. The molecule has 0 aliphatic carbocycles. The van der Waals surface area contributed by atoms with Crippen LogP contribution in [0.15, 0.2) is 71.8 Å². The van der Waals surface area contributed by atoms with Crippen molar-refractivity contribution in [3.05, 3.63) is 83.6 Å². The molecule has 11 heteroatoms. The molecule has 4 N–H and O–H groups in total. The van der Waals surface area contributed by atoms with Crippen molar-refractivity contribution in [1.29, 1.82) is 0 Å². The van der Waals surface area contributed by atoms with Crippen LogP contribution in [0.3, 0.4) is 0 Å². The fraction of sp³-hybridized carbons (Fsp3) is 0.344. The summed E-state index contributed by atoms with van der Waals surface area (Å²) in [6.45, 7) is 7.60. The number of carbonyl (C=O) groups excluding carboxylic acids is 1. The van der Waals surface area contributed by atoms with Crippen molar-refractivity contribution in [3.63, 3.8) is 0 Å². The zero-order chi connectivity index (χ0) is 30.6. The van der Waals surface area contributed by atoms with Crippen LogP contribution in [0.5, 0.6) is 11.5 Å². The van der Waals surface area contributed by atoms with Gasteiger partial charge in [-0.25, -0.2) is 8.42 Å². The average molecular weight is 607 g/mol. The third-order valence-corrected chi connectivity index (χ3v) is 9.02. The van der Waals surface area contributed by atoms with Crippen molar-refractivity contribution < 1.29 is 27.8 Å². The van der Waals surface area contributed by atoms with E-state index in [0.29, 0.717) is 36.6 Å². The first kappa shape index (κ1) is 30.4. The molecule has 1 amide bonds. The fourth-order valence-corrected chi connectivity index (χ4v) is 6.43. The van der Waals surface area contributed by atoms with Gasteiger partial charge in [0, 0.05) is 48.9 Å². The van der Waals surface area contributed by atoms with E-state index in [1.54, 1.807) is 35.2 Å². The summed E-state index contributed by atoms with van der Waals surface area (Å²) in [6.07, 6.45) is 1.62. The molecule has 228 valence electrons. The van der Waals surface area contributed by atoms with Crippen molar-refractivity contribution in [2.75, 3.05) is 31.0 Å². The van der Waals surface area contributed by atoms with Crippen molar-refractivity contribution in [2.45, 2.75) is 50.8 Å². The molecule has 0 saturated carbocycles. The number of nitrogens with one attached hydrogen (secondary N) is 3. The predicted molar refractivity (Wildman–Crippen MR) is 166 cm³/mol. The lowest BCUT2D eigenvalue weighted by Gasteiger charge is -2.22. The van der Waals surface area contributed by atoms with Gasteiger partial charge in [0.05, 0.1) is 22.2 Å². The third-order valence-electron chi connectivity index (χ3n) is 7.66. The van der Waals surface area contributed by atoms with Gasteiger partial charge in [0.15, 0.2) is 6.61 Å². The summed E-state index contributed by atoms with van der Waals surface area (Å²) >= 11 is 0. The van der Waals surface area contributed by atoms with Crippen molar-refractivity contribution in [1.82, 2.24) is 15.2 Å². The molecule has 5 rings (SSSR count).